The van der Waals surface area contributed by atoms with Crippen LogP contribution in [-0.4, -0.2) is 29.8 Å². The Morgan fingerprint density at radius 1 is 1.14 bits per heavy atom. The maximum atomic E-state index is 11.6. The molecule has 0 aromatic carbocycles. The lowest BCUT2D eigenvalue weighted by Gasteiger charge is -2.41. The Morgan fingerprint density at radius 2 is 1.79 bits per heavy atom. The molecule has 1 saturated heterocycles. The second-order valence-corrected chi connectivity index (χ2v) is 4.84. The van der Waals surface area contributed by atoms with Crippen molar-refractivity contribution in [2.45, 2.75) is 51.5 Å². The lowest BCUT2D eigenvalue weighted by Crippen LogP contribution is -2.49. The number of ketones is 1. The molecule has 0 bridgehead atoms. The highest BCUT2D eigenvalue weighted by Gasteiger charge is 2.35. The zero-order valence-corrected chi connectivity index (χ0v) is 9.17. The number of piperidine rings is 1. The Bertz CT molecular complexity index is 204. The fourth-order valence-corrected chi connectivity index (χ4v) is 2.84. The van der Waals surface area contributed by atoms with Crippen LogP contribution in [0.2, 0.25) is 0 Å². The van der Waals surface area contributed by atoms with Gasteiger partial charge in [-0.15, -0.1) is 0 Å². The minimum absolute atomic E-state index is 0.268. The maximum Gasteiger partial charge on any atom is 0.147 e. The summed E-state index contributed by atoms with van der Waals surface area (Å²) < 4.78 is 0. The van der Waals surface area contributed by atoms with Crippen LogP contribution < -0.4 is 0 Å². The normalized spacial score (nSPS) is 26.9. The summed E-state index contributed by atoms with van der Waals surface area (Å²) in [6.45, 7) is 4.08. The summed E-state index contributed by atoms with van der Waals surface area (Å²) in [6.07, 6.45) is 7.82. The Balaban J connectivity index is 1.97. The van der Waals surface area contributed by atoms with E-state index in [4.69, 9.17) is 0 Å². The molecule has 80 valence electrons. The molecule has 1 unspecified atom stereocenters. The molecule has 2 fully saturated rings. The van der Waals surface area contributed by atoms with Crippen LogP contribution in [0.3, 0.4) is 0 Å². The van der Waals surface area contributed by atoms with Crippen LogP contribution in [-0.2, 0) is 4.79 Å². The van der Waals surface area contributed by atoms with Crippen LogP contribution >= 0.6 is 0 Å². The topological polar surface area (TPSA) is 20.3 Å². The SMILES string of the molecule is CC(=O)C(C1CCC1)N1CCCCC1. The predicted molar refractivity (Wildman–Crippen MR) is 57.2 cm³/mol. The van der Waals surface area contributed by atoms with E-state index in [1.54, 1.807) is 6.92 Å². The van der Waals surface area contributed by atoms with E-state index in [1.165, 1.54) is 38.5 Å². The highest BCUT2D eigenvalue weighted by atomic mass is 16.1. The fourth-order valence-electron chi connectivity index (χ4n) is 2.84. The number of rotatable bonds is 3. The molecular formula is C12H21NO. The first-order valence-electron chi connectivity index (χ1n) is 6.03. The first kappa shape index (κ1) is 10.2. The number of carbonyl (C=O) groups is 1. The minimum Gasteiger partial charge on any atom is -0.298 e. The quantitative estimate of drug-likeness (QED) is 0.688. The van der Waals surface area contributed by atoms with Gasteiger partial charge in [-0.3, -0.25) is 9.69 Å². The van der Waals surface area contributed by atoms with E-state index >= 15 is 0 Å². The van der Waals surface area contributed by atoms with Crippen molar-refractivity contribution in [3.8, 4) is 0 Å². The molecule has 0 amide bonds. The van der Waals surface area contributed by atoms with Crippen molar-refractivity contribution >= 4 is 5.78 Å². The van der Waals surface area contributed by atoms with Crippen LogP contribution in [0.15, 0.2) is 0 Å². The van der Waals surface area contributed by atoms with E-state index in [2.05, 4.69) is 4.90 Å². The van der Waals surface area contributed by atoms with E-state index in [-0.39, 0.29) is 6.04 Å². The standard InChI is InChI=1S/C12H21NO/c1-10(14)12(11-6-5-7-11)13-8-3-2-4-9-13/h11-12H,2-9H2,1H3. The smallest absolute Gasteiger partial charge is 0.147 e. The molecule has 0 aromatic heterocycles. The summed E-state index contributed by atoms with van der Waals surface area (Å²) in [5.74, 6) is 1.09. The third kappa shape index (κ3) is 2.00. The zero-order chi connectivity index (χ0) is 9.97. The van der Waals surface area contributed by atoms with Gasteiger partial charge in [0.25, 0.3) is 0 Å². The molecule has 2 aliphatic rings. The summed E-state index contributed by atoms with van der Waals surface area (Å²) in [7, 11) is 0. The first-order valence-corrected chi connectivity index (χ1v) is 6.03. The van der Waals surface area contributed by atoms with Gasteiger partial charge >= 0.3 is 0 Å². The van der Waals surface area contributed by atoms with Crippen molar-refractivity contribution < 1.29 is 4.79 Å². The van der Waals surface area contributed by atoms with Crippen LogP contribution in [0.1, 0.15) is 45.4 Å². The number of nitrogens with zero attached hydrogens (tertiary/aromatic N) is 1. The highest BCUT2D eigenvalue weighted by Crippen LogP contribution is 2.33. The van der Waals surface area contributed by atoms with Gasteiger partial charge in [0, 0.05) is 0 Å². The Kier molecular flexibility index (Phi) is 3.22. The molecule has 0 spiro atoms. The molecule has 1 saturated carbocycles. The monoisotopic (exact) mass is 195 g/mol. The van der Waals surface area contributed by atoms with E-state index in [9.17, 15) is 4.79 Å². The largest absolute Gasteiger partial charge is 0.298 e. The maximum absolute atomic E-state index is 11.6. The van der Waals surface area contributed by atoms with Crippen LogP contribution in [0.4, 0.5) is 0 Å². The number of Topliss-reactive ketones (excluding diaryl/α,β-unsaturated/α-hetero) is 1. The summed E-state index contributed by atoms with van der Waals surface area (Å²) in [6, 6.07) is 0.268. The average molecular weight is 195 g/mol. The summed E-state index contributed by atoms with van der Waals surface area (Å²) >= 11 is 0. The van der Waals surface area contributed by atoms with E-state index < -0.39 is 0 Å². The second kappa shape index (κ2) is 4.43. The Hall–Kier alpha value is -0.370. The Morgan fingerprint density at radius 3 is 2.21 bits per heavy atom. The molecule has 2 heteroatoms. The van der Waals surface area contributed by atoms with Gasteiger partial charge < -0.3 is 0 Å². The minimum atomic E-state index is 0.268. The van der Waals surface area contributed by atoms with Gasteiger partial charge in [0.2, 0.25) is 0 Å². The van der Waals surface area contributed by atoms with Gasteiger partial charge in [0.1, 0.15) is 5.78 Å². The van der Waals surface area contributed by atoms with Crippen LogP contribution in [0.5, 0.6) is 0 Å². The summed E-state index contributed by atoms with van der Waals surface area (Å²) in [5.41, 5.74) is 0. The molecule has 0 radical (unpaired) electrons. The van der Waals surface area contributed by atoms with Crippen molar-refractivity contribution in [3.63, 3.8) is 0 Å². The predicted octanol–water partition coefficient (Wildman–Crippen LogP) is 2.23. The first-order chi connectivity index (χ1) is 6.79. The molecule has 0 aromatic rings. The van der Waals surface area contributed by atoms with Crippen molar-refractivity contribution in [3.05, 3.63) is 0 Å². The van der Waals surface area contributed by atoms with E-state index in [0.717, 1.165) is 13.1 Å². The molecule has 2 rings (SSSR count). The average Bonchev–Trinajstić information content (AvgIpc) is 2.12. The Labute approximate surface area is 86.7 Å². The van der Waals surface area contributed by atoms with Crippen LogP contribution in [0.25, 0.3) is 0 Å². The van der Waals surface area contributed by atoms with Gasteiger partial charge in [-0.05, 0) is 51.6 Å². The zero-order valence-electron chi connectivity index (χ0n) is 9.17. The van der Waals surface area contributed by atoms with Crippen molar-refractivity contribution in [2.75, 3.05) is 13.1 Å². The lowest BCUT2D eigenvalue weighted by molar-refractivity contribution is -0.125. The molecule has 1 heterocycles. The summed E-state index contributed by atoms with van der Waals surface area (Å²) in [4.78, 5) is 14.1. The molecule has 1 aliphatic heterocycles. The van der Waals surface area contributed by atoms with Crippen molar-refractivity contribution in [1.82, 2.24) is 4.90 Å². The number of hydrogen-bond donors (Lipinski definition) is 0. The second-order valence-electron chi connectivity index (χ2n) is 4.84. The third-order valence-electron chi connectivity index (χ3n) is 3.80. The summed E-state index contributed by atoms with van der Waals surface area (Å²) in [5, 5.41) is 0. The van der Waals surface area contributed by atoms with Crippen molar-refractivity contribution in [2.24, 2.45) is 5.92 Å². The third-order valence-corrected chi connectivity index (χ3v) is 3.80. The molecule has 14 heavy (non-hydrogen) atoms. The molecule has 1 aliphatic carbocycles. The molecule has 1 atom stereocenters. The van der Waals surface area contributed by atoms with E-state index in [1.807, 2.05) is 0 Å². The fraction of sp³-hybridized carbons (Fsp3) is 0.917. The van der Waals surface area contributed by atoms with Gasteiger partial charge in [-0.1, -0.05) is 12.8 Å². The number of likely N-dealkylation sites (tertiary alicyclic amines) is 1. The van der Waals surface area contributed by atoms with Gasteiger partial charge in [-0.2, -0.15) is 0 Å². The number of carbonyl (C=O) groups excluding carboxylic acids is 1. The number of hydrogen-bond acceptors (Lipinski definition) is 2. The lowest BCUT2D eigenvalue weighted by atomic mass is 9.77. The molecular weight excluding hydrogens is 174 g/mol. The van der Waals surface area contributed by atoms with Crippen molar-refractivity contribution in [1.29, 1.82) is 0 Å². The van der Waals surface area contributed by atoms with E-state index in [0.29, 0.717) is 11.7 Å². The van der Waals surface area contributed by atoms with Gasteiger partial charge in [0.05, 0.1) is 6.04 Å². The highest BCUT2D eigenvalue weighted by molar-refractivity contribution is 5.81. The molecule has 2 nitrogen and oxygen atoms in total. The van der Waals surface area contributed by atoms with Crippen LogP contribution in [0, 0.1) is 5.92 Å². The van der Waals surface area contributed by atoms with Gasteiger partial charge in [-0.25, -0.2) is 0 Å². The van der Waals surface area contributed by atoms with Gasteiger partial charge in [0.15, 0.2) is 0 Å². The molecule has 0 N–H and O–H groups in total.